The number of esters is 1. The van der Waals surface area contributed by atoms with E-state index >= 15 is 0 Å². The molecule has 2 N–H and O–H groups in total. The number of amides is 3. The first kappa shape index (κ1) is 15.5. The number of carbonyl (C=O) groups excluding carboxylic acids is 4. The van der Waals surface area contributed by atoms with Crippen LogP contribution in [0.15, 0.2) is 5.38 Å². The van der Waals surface area contributed by atoms with Gasteiger partial charge in [0.2, 0.25) is 5.91 Å². The van der Waals surface area contributed by atoms with Gasteiger partial charge < -0.3 is 15.4 Å². The number of piperidine rings is 1. The van der Waals surface area contributed by atoms with E-state index in [2.05, 4.69) is 4.74 Å². The summed E-state index contributed by atoms with van der Waals surface area (Å²) in [5.41, 5.74) is 7.08. The molecule has 1 unspecified atom stereocenters. The van der Waals surface area contributed by atoms with Crippen LogP contribution in [0, 0.1) is 0 Å². The van der Waals surface area contributed by atoms with Crippen LogP contribution in [-0.4, -0.2) is 53.2 Å². The smallest absolute Gasteiger partial charge is 0.325 e. The van der Waals surface area contributed by atoms with Crippen molar-refractivity contribution in [3.8, 4) is 0 Å². The molecule has 0 saturated carbocycles. The second-order valence-electron chi connectivity index (χ2n) is 5.37. The SMILES string of the molecule is COC(=O)CN1C(=O)CCC(N2Cc3c(csc3N)C2=O)C1=O. The summed E-state index contributed by atoms with van der Waals surface area (Å²) in [5, 5.41) is 2.24. The number of likely N-dealkylation sites (tertiary alicyclic amines) is 1. The zero-order chi connectivity index (χ0) is 16.7. The third-order valence-electron chi connectivity index (χ3n) is 4.12. The first-order valence-electron chi connectivity index (χ1n) is 7.02. The largest absolute Gasteiger partial charge is 0.468 e. The van der Waals surface area contributed by atoms with Crippen LogP contribution in [0.3, 0.4) is 0 Å². The Hall–Kier alpha value is -2.42. The lowest BCUT2D eigenvalue weighted by Gasteiger charge is -2.34. The molecular formula is C14H15N3O5S. The summed E-state index contributed by atoms with van der Waals surface area (Å²) in [7, 11) is 1.18. The van der Waals surface area contributed by atoms with E-state index in [9.17, 15) is 19.2 Å². The van der Waals surface area contributed by atoms with E-state index in [0.717, 1.165) is 10.5 Å². The molecule has 1 atom stereocenters. The highest BCUT2D eigenvalue weighted by atomic mass is 32.1. The maximum absolute atomic E-state index is 12.6. The molecule has 23 heavy (non-hydrogen) atoms. The maximum Gasteiger partial charge on any atom is 0.325 e. The lowest BCUT2D eigenvalue weighted by atomic mass is 10.0. The second kappa shape index (κ2) is 5.65. The second-order valence-corrected chi connectivity index (χ2v) is 6.29. The van der Waals surface area contributed by atoms with Gasteiger partial charge >= 0.3 is 5.97 Å². The van der Waals surface area contributed by atoms with Gasteiger partial charge in [-0.2, -0.15) is 0 Å². The van der Waals surface area contributed by atoms with Crippen molar-refractivity contribution in [2.75, 3.05) is 19.4 Å². The van der Waals surface area contributed by atoms with Crippen molar-refractivity contribution < 1.29 is 23.9 Å². The zero-order valence-corrected chi connectivity index (χ0v) is 13.2. The van der Waals surface area contributed by atoms with Crippen molar-refractivity contribution in [3.05, 3.63) is 16.5 Å². The fraction of sp³-hybridized carbons (Fsp3) is 0.429. The fourth-order valence-corrected chi connectivity index (χ4v) is 3.66. The van der Waals surface area contributed by atoms with Crippen LogP contribution in [0.4, 0.5) is 5.00 Å². The van der Waals surface area contributed by atoms with Gasteiger partial charge in [-0.15, -0.1) is 11.3 Å². The molecule has 3 heterocycles. The van der Waals surface area contributed by atoms with Crippen molar-refractivity contribution in [1.29, 1.82) is 0 Å². The molecule has 1 saturated heterocycles. The van der Waals surface area contributed by atoms with E-state index in [1.165, 1.54) is 23.3 Å². The van der Waals surface area contributed by atoms with E-state index in [-0.39, 0.29) is 25.3 Å². The monoisotopic (exact) mass is 337 g/mol. The lowest BCUT2D eigenvalue weighted by molar-refractivity contribution is -0.159. The Balaban J connectivity index is 1.81. The Morgan fingerprint density at radius 1 is 1.43 bits per heavy atom. The molecule has 1 fully saturated rings. The van der Waals surface area contributed by atoms with Crippen molar-refractivity contribution in [1.82, 2.24) is 9.80 Å². The molecule has 0 bridgehead atoms. The minimum Gasteiger partial charge on any atom is -0.468 e. The summed E-state index contributed by atoms with van der Waals surface area (Å²) in [6.07, 6.45) is 0.341. The number of carbonyl (C=O) groups is 4. The van der Waals surface area contributed by atoms with Crippen molar-refractivity contribution in [2.24, 2.45) is 0 Å². The van der Waals surface area contributed by atoms with E-state index in [0.29, 0.717) is 10.6 Å². The van der Waals surface area contributed by atoms with Gasteiger partial charge in [-0.25, -0.2) is 0 Å². The van der Waals surface area contributed by atoms with Crippen LogP contribution >= 0.6 is 11.3 Å². The van der Waals surface area contributed by atoms with E-state index < -0.39 is 30.4 Å². The molecule has 1 aromatic rings. The zero-order valence-electron chi connectivity index (χ0n) is 12.4. The summed E-state index contributed by atoms with van der Waals surface area (Å²) in [6, 6.07) is -0.762. The Morgan fingerprint density at radius 3 is 2.83 bits per heavy atom. The summed E-state index contributed by atoms with van der Waals surface area (Å²) < 4.78 is 4.50. The average molecular weight is 337 g/mol. The highest BCUT2D eigenvalue weighted by Crippen LogP contribution is 2.35. The normalized spacial score (nSPS) is 20.9. The van der Waals surface area contributed by atoms with Crippen molar-refractivity contribution in [2.45, 2.75) is 25.4 Å². The molecule has 9 heteroatoms. The number of nitrogens with zero attached hydrogens (tertiary/aromatic N) is 2. The van der Waals surface area contributed by atoms with Gasteiger partial charge in [0, 0.05) is 17.4 Å². The molecule has 0 aromatic carbocycles. The predicted molar refractivity (Wildman–Crippen MR) is 80.4 cm³/mol. The van der Waals surface area contributed by atoms with Gasteiger partial charge in [0.15, 0.2) is 0 Å². The van der Waals surface area contributed by atoms with Crippen LogP contribution < -0.4 is 5.73 Å². The number of fused-ring (bicyclic) bond motifs is 1. The average Bonchev–Trinajstić information content (AvgIpc) is 3.05. The Bertz CT molecular complexity index is 713. The molecule has 2 aliphatic heterocycles. The first-order valence-corrected chi connectivity index (χ1v) is 7.89. The number of hydrogen-bond acceptors (Lipinski definition) is 7. The van der Waals surface area contributed by atoms with Crippen LogP contribution in [0.2, 0.25) is 0 Å². The number of rotatable bonds is 3. The number of anilines is 1. The molecule has 122 valence electrons. The van der Waals surface area contributed by atoms with Crippen molar-refractivity contribution in [3.63, 3.8) is 0 Å². The lowest BCUT2D eigenvalue weighted by Crippen LogP contribution is -2.55. The molecule has 8 nitrogen and oxygen atoms in total. The van der Waals surface area contributed by atoms with Crippen LogP contribution in [-0.2, 0) is 25.7 Å². The fourth-order valence-electron chi connectivity index (χ4n) is 2.86. The number of nitrogen functional groups attached to an aromatic ring is 1. The van der Waals surface area contributed by atoms with Gasteiger partial charge in [0.1, 0.15) is 12.6 Å². The van der Waals surface area contributed by atoms with Crippen LogP contribution in [0.5, 0.6) is 0 Å². The van der Waals surface area contributed by atoms with Crippen molar-refractivity contribution >= 4 is 40.0 Å². The number of nitrogens with two attached hydrogens (primary N) is 1. The number of imide groups is 1. The van der Waals surface area contributed by atoms with E-state index in [1.807, 2.05) is 0 Å². The summed E-state index contributed by atoms with van der Waals surface area (Å²) >= 11 is 1.29. The minimum absolute atomic E-state index is 0.0967. The Labute approximate surface area is 135 Å². The maximum atomic E-state index is 12.6. The van der Waals surface area contributed by atoms with Gasteiger partial charge in [-0.1, -0.05) is 0 Å². The van der Waals surface area contributed by atoms with Gasteiger partial charge in [-0.3, -0.25) is 24.1 Å². The van der Waals surface area contributed by atoms with Crippen LogP contribution in [0.25, 0.3) is 0 Å². The van der Waals surface area contributed by atoms with E-state index in [1.54, 1.807) is 5.38 Å². The molecule has 1 aromatic heterocycles. The summed E-state index contributed by atoms with van der Waals surface area (Å²) in [4.78, 5) is 50.6. The summed E-state index contributed by atoms with van der Waals surface area (Å²) in [5.74, 6) is -1.92. The Kier molecular flexibility index (Phi) is 3.80. The van der Waals surface area contributed by atoms with E-state index in [4.69, 9.17) is 5.73 Å². The summed E-state index contributed by atoms with van der Waals surface area (Å²) in [6.45, 7) is -0.184. The highest BCUT2D eigenvalue weighted by molar-refractivity contribution is 7.14. The first-order chi connectivity index (χ1) is 10.9. The molecule has 3 rings (SSSR count). The third-order valence-corrected chi connectivity index (χ3v) is 4.97. The molecule has 2 aliphatic rings. The molecule has 0 aliphatic carbocycles. The number of ether oxygens (including phenoxy) is 1. The predicted octanol–water partition coefficient (Wildman–Crippen LogP) is -0.0233. The standard InChI is InChI=1S/C14H15N3O5S/c1-22-11(19)5-17-10(18)3-2-9(14(17)21)16-4-7-8(13(16)20)6-23-12(7)15/h6,9H,2-5,15H2,1H3. The number of hydrogen-bond donors (Lipinski definition) is 1. The number of thiophene rings is 1. The topological polar surface area (TPSA) is 110 Å². The Morgan fingerprint density at radius 2 is 2.17 bits per heavy atom. The quantitative estimate of drug-likeness (QED) is 0.613. The van der Waals surface area contributed by atoms with Crippen LogP contribution in [0.1, 0.15) is 28.8 Å². The molecular weight excluding hydrogens is 322 g/mol. The molecule has 0 spiro atoms. The van der Waals surface area contributed by atoms with Gasteiger partial charge in [-0.05, 0) is 6.42 Å². The van der Waals surface area contributed by atoms with Gasteiger partial charge in [0.25, 0.3) is 11.8 Å². The van der Waals surface area contributed by atoms with Gasteiger partial charge in [0.05, 0.1) is 24.2 Å². The number of methoxy groups -OCH3 is 1. The highest BCUT2D eigenvalue weighted by Gasteiger charge is 2.44. The third kappa shape index (κ3) is 2.46. The minimum atomic E-state index is -0.762. The molecule has 3 amide bonds. The molecule has 0 radical (unpaired) electrons.